The first-order chi connectivity index (χ1) is 1.73. The van der Waals surface area contributed by atoms with Gasteiger partial charge in [-0.3, -0.25) is 0 Å². The summed E-state index contributed by atoms with van der Waals surface area (Å²) in [5.74, 6) is 0. The number of hydrogen-bond acceptors (Lipinski definition) is 4. The van der Waals surface area contributed by atoms with E-state index in [-0.39, 0.29) is 31.9 Å². The summed E-state index contributed by atoms with van der Waals surface area (Å²) in [5, 5.41) is 0. The summed E-state index contributed by atoms with van der Waals surface area (Å²) < 4.78 is 25.8. The SMILES string of the molecule is [NH4+].[NH4+].[NH4+].[O]=[Sb]([O-])[O-].[SH-]. The van der Waals surface area contributed by atoms with Crippen molar-refractivity contribution in [2.75, 3.05) is 0 Å². The van der Waals surface area contributed by atoms with E-state index in [1.165, 1.54) is 0 Å². The van der Waals surface area contributed by atoms with Gasteiger partial charge < -0.3 is 31.9 Å². The molecular weight excluding hydrogens is 244 g/mol. The van der Waals surface area contributed by atoms with Crippen molar-refractivity contribution in [2.24, 2.45) is 0 Å². The molecule has 0 aliphatic rings. The number of rotatable bonds is 0. The minimum Gasteiger partial charge on any atom is -0.813 e. The smallest absolute Gasteiger partial charge is 0.813 e. The molecule has 0 aliphatic carbocycles. The minimum absolute atomic E-state index is 0. The van der Waals surface area contributed by atoms with Crippen molar-refractivity contribution in [1.82, 2.24) is 18.5 Å². The maximum Gasteiger partial charge on any atom is -0.813 e. The Kier molecular flexibility index (Phi) is 117. The van der Waals surface area contributed by atoms with Gasteiger partial charge in [0.25, 0.3) is 0 Å². The molecule has 0 bridgehead atoms. The van der Waals surface area contributed by atoms with Gasteiger partial charge in [0, 0.05) is 0 Å². The topological polar surface area (TPSA) is 173 Å². The van der Waals surface area contributed by atoms with Gasteiger partial charge in [-0.1, -0.05) is 0 Å². The van der Waals surface area contributed by atoms with Crippen LogP contribution in [-0.4, -0.2) is 21.0 Å². The molecule has 12 N–H and O–H groups in total. The third-order valence-corrected chi connectivity index (χ3v) is 0. The zero-order valence-corrected chi connectivity index (χ0v) is 8.57. The van der Waals surface area contributed by atoms with Gasteiger partial charge in [-0.05, 0) is 0 Å². The van der Waals surface area contributed by atoms with Crippen LogP contribution < -0.4 is 25.2 Å². The van der Waals surface area contributed by atoms with Crippen LogP contribution in [-0.2, 0) is 16.5 Å². The van der Waals surface area contributed by atoms with Crippen molar-refractivity contribution >= 4 is 34.5 Å². The van der Waals surface area contributed by atoms with E-state index in [0.29, 0.717) is 0 Å². The van der Waals surface area contributed by atoms with Gasteiger partial charge >= 0.3 is 30.8 Å². The monoisotopic (exact) mass is 256 g/mol. The Morgan fingerprint density at radius 3 is 1.00 bits per heavy atom. The predicted octanol–water partition coefficient (Wildman–Crippen LogP) is -2.02. The Bertz CT molecular complexity index is 37.5. The molecule has 0 fully saturated rings. The van der Waals surface area contributed by atoms with Crippen LogP contribution in [0.3, 0.4) is 0 Å². The molecule has 8 heavy (non-hydrogen) atoms. The molecule has 8 heteroatoms. The van der Waals surface area contributed by atoms with Crippen LogP contribution in [0.15, 0.2) is 0 Å². The fourth-order valence-corrected chi connectivity index (χ4v) is 0. The Balaban J connectivity index is -0.00000000750. The first-order valence-corrected chi connectivity index (χ1v) is 3.67. The van der Waals surface area contributed by atoms with Crippen LogP contribution in [0.5, 0.6) is 0 Å². The van der Waals surface area contributed by atoms with Crippen molar-refractivity contribution in [3.63, 3.8) is 0 Å². The molecule has 1 radical (unpaired) electrons. The van der Waals surface area contributed by atoms with Crippen LogP contribution in [0, 0.1) is 0 Å². The molecule has 0 saturated heterocycles. The van der Waals surface area contributed by atoms with Crippen LogP contribution >= 0.6 is 0 Å². The Hall–Kier alpha value is 0.768. The van der Waals surface area contributed by atoms with Gasteiger partial charge in [0.05, 0.1) is 0 Å². The minimum atomic E-state index is -4.20. The summed E-state index contributed by atoms with van der Waals surface area (Å²) in [6.07, 6.45) is 0. The van der Waals surface area contributed by atoms with E-state index < -0.39 is 21.0 Å². The second-order valence-electron chi connectivity index (χ2n) is 0.224. The van der Waals surface area contributed by atoms with Crippen LogP contribution in [0.2, 0.25) is 0 Å². The van der Waals surface area contributed by atoms with Crippen molar-refractivity contribution < 1.29 is 9.79 Å². The fraction of sp³-hybridized carbons (Fsp3) is 0. The van der Waals surface area contributed by atoms with Crippen molar-refractivity contribution in [1.29, 1.82) is 0 Å². The average Bonchev–Trinajstić information content (AvgIpc) is 0.811. The van der Waals surface area contributed by atoms with E-state index in [9.17, 15) is 0 Å². The molecule has 0 unspecified atom stereocenters. The predicted molar refractivity (Wildman–Crippen MR) is 33.2 cm³/mol. The molecule has 0 rings (SSSR count). The first-order valence-electron chi connectivity index (χ1n) is 0.548. The molecule has 6 nitrogen and oxygen atoms in total. The van der Waals surface area contributed by atoms with Gasteiger partial charge in [-0.2, -0.15) is 0 Å². The van der Waals surface area contributed by atoms with E-state index in [2.05, 4.69) is 0 Å². The molecule has 0 saturated carbocycles. The average molecular weight is 257 g/mol. The normalized spacial score (nSPS) is 3.25. The maximum absolute atomic E-state index is 8.60. The molecule has 0 aromatic heterocycles. The number of thiol groups is 1. The Morgan fingerprint density at radius 1 is 1.00 bits per heavy atom. The zero-order chi connectivity index (χ0) is 3.58. The summed E-state index contributed by atoms with van der Waals surface area (Å²) in [4.78, 5) is 0. The van der Waals surface area contributed by atoms with Gasteiger partial charge in [-0.15, -0.1) is 0 Å². The first kappa shape index (κ1) is 37.3. The van der Waals surface area contributed by atoms with Crippen LogP contribution in [0.1, 0.15) is 0 Å². The van der Waals surface area contributed by atoms with Crippen molar-refractivity contribution in [3.8, 4) is 0 Å². The third-order valence-electron chi connectivity index (χ3n) is 0. The van der Waals surface area contributed by atoms with Crippen LogP contribution in [0.25, 0.3) is 0 Å². The maximum atomic E-state index is 8.60. The second kappa shape index (κ2) is 25.1. The molecule has 0 amide bonds. The number of quaternary nitrogens is 3. The Labute approximate surface area is 63.0 Å². The standard InChI is InChI=1S/3H3N.3O.H2S.Sb/h3*1H3;;;;1H2;/q;;;;2*-1;;/p+2. The van der Waals surface area contributed by atoms with Gasteiger partial charge in [0.2, 0.25) is 0 Å². The van der Waals surface area contributed by atoms with Crippen molar-refractivity contribution in [2.45, 2.75) is 0 Å². The van der Waals surface area contributed by atoms with Gasteiger partial charge in [-0.25, -0.2) is 0 Å². The van der Waals surface area contributed by atoms with Crippen LogP contribution in [0.4, 0.5) is 0 Å². The summed E-state index contributed by atoms with van der Waals surface area (Å²) in [5.41, 5.74) is 0. The molecule has 0 aromatic carbocycles. The molecular formula is H13N3O3SSb. The van der Waals surface area contributed by atoms with E-state index in [1.54, 1.807) is 0 Å². The quantitative estimate of drug-likeness (QED) is 0.258. The third kappa shape index (κ3) is 382. The summed E-state index contributed by atoms with van der Waals surface area (Å²) in [6.45, 7) is 0. The second-order valence-corrected chi connectivity index (χ2v) is 1.50. The summed E-state index contributed by atoms with van der Waals surface area (Å²) in [7, 11) is 0. The largest absolute Gasteiger partial charge is 0.813 e. The zero-order valence-electron chi connectivity index (χ0n) is 5.12. The Morgan fingerprint density at radius 2 is 1.00 bits per heavy atom. The van der Waals surface area contributed by atoms with E-state index >= 15 is 0 Å². The van der Waals surface area contributed by atoms with Gasteiger partial charge in [0.15, 0.2) is 0 Å². The molecule has 0 heterocycles. The van der Waals surface area contributed by atoms with E-state index in [0.717, 1.165) is 0 Å². The molecule has 0 atom stereocenters. The number of hydrogen-bond donors (Lipinski definition) is 3. The molecule has 0 aliphatic heterocycles. The van der Waals surface area contributed by atoms with E-state index in [4.69, 9.17) is 9.79 Å². The fourth-order valence-electron chi connectivity index (χ4n) is 0. The van der Waals surface area contributed by atoms with Crippen molar-refractivity contribution in [3.05, 3.63) is 0 Å². The molecule has 57 valence electrons. The molecule has 0 aromatic rings. The molecule has 0 spiro atoms. The van der Waals surface area contributed by atoms with Gasteiger partial charge in [0.1, 0.15) is 0 Å². The summed E-state index contributed by atoms with van der Waals surface area (Å²) >= 11 is -4.20. The summed E-state index contributed by atoms with van der Waals surface area (Å²) in [6, 6.07) is 0. The van der Waals surface area contributed by atoms with E-state index in [1.807, 2.05) is 0 Å².